The van der Waals surface area contributed by atoms with Crippen LogP contribution in [0.2, 0.25) is 0 Å². The van der Waals surface area contributed by atoms with E-state index in [9.17, 15) is 14.7 Å². The van der Waals surface area contributed by atoms with Gasteiger partial charge in [0.15, 0.2) is 5.43 Å². The van der Waals surface area contributed by atoms with Gasteiger partial charge in [-0.3, -0.25) is 14.7 Å². The first-order chi connectivity index (χ1) is 14.9. The van der Waals surface area contributed by atoms with Crippen LogP contribution in [0.15, 0.2) is 53.6 Å². The van der Waals surface area contributed by atoms with E-state index < -0.39 is 6.09 Å². The van der Waals surface area contributed by atoms with Gasteiger partial charge in [-0.2, -0.15) is 0 Å². The summed E-state index contributed by atoms with van der Waals surface area (Å²) in [4.78, 5) is 32.8. The van der Waals surface area contributed by atoms with E-state index in [0.29, 0.717) is 31.6 Å². The van der Waals surface area contributed by atoms with Gasteiger partial charge in [0, 0.05) is 68.3 Å². The summed E-state index contributed by atoms with van der Waals surface area (Å²) in [6.07, 6.45) is 4.54. The highest BCUT2D eigenvalue weighted by molar-refractivity contribution is 5.79. The Bertz CT molecular complexity index is 1160. The number of para-hydroxylation sites is 1. The number of benzene rings is 1. The number of piperidine rings is 1. The average Bonchev–Trinajstić information content (AvgIpc) is 2.77. The third-order valence-corrected chi connectivity index (χ3v) is 6.07. The summed E-state index contributed by atoms with van der Waals surface area (Å²) in [6.45, 7) is 4.08. The SMILES string of the molecule is Cc1cc(CN(Cc2cn(C)c3ccccc3c2=O)[C@H]2CCCN(C(=O)O)C2)ccn1. The summed E-state index contributed by atoms with van der Waals surface area (Å²) in [6, 6.07) is 11.7. The molecule has 1 N–H and O–H groups in total. The van der Waals surface area contributed by atoms with Crippen molar-refractivity contribution in [3.8, 4) is 0 Å². The van der Waals surface area contributed by atoms with Gasteiger partial charge in [0.1, 0.15) is 0 Å². The number of likely N-dealkylation sites (tertiary alicyclic amines) is 1. The Balaban J connectivity index is 1.69. The van der Waals surface area contributed by atoms with E-state index >= 15 is 0 Å². The van der Waals surface area contributed by atoms with Crippen LogP contribution in [0.25, 0.3) is 10.9 Å². The molecule has 2 aromatic heterocycles. The van der Waals surface area contributed by atoms with Crippen LogP contribution in [-0.4, -0.2) is 49.7 Å². The van der Waals surface area contributed by atoms with Crippen molar-refractivity contribution in [1.82, 2.24) is 19.4 Å². The van der Waals surface area contributed by atoms with Crippen molar-refractivity contribution < 1.29 is 9.90 Å². The topological polar surface area (TPSA) is 78.7 Å². The highest BCUT2D eigenvalue weighted by Crippen LogP contribution is 2.21. The first-order valence-corrected chi connectivity index (χ1v) is 10.6. The van der Waals surface area contributed by atoms with E-state index in [1.807, 2.05) is 61.1 Å². The molecule has 0 saturated carbocycles. The molecule has 3 heterocycles. The molecule has 31 heavy (non-hydrogen) atoms. The Morgan fingerprint density at radius 3 is 2.84 bits per heavy atom. The summed E-state index contributed by atoms with van der Waals surface area (Å²) in [5.74, 6) is 0. The Labute approximate surface area is 181 Å². The van der Waals surface area contributed by atoms with Crippen molar-refractivity contribution in [3.63, 3.8) is 0 Å². The first-order valence-electron chi connectivity index (χ1n) is 10.6. The van der Waals surface area contributed by atoms with E-state index in [-0.39, 0.29) is 11.5 Å². The molecule has 1 aliphatic heterocycles. The number of hydrogen-bond acceptors (Lipinski definition) is 4. The molecule has 0 unspecified atom stereocenters. The number of pyridine rings is 2. The first kappa shape index (κ1) is 21.1. The van der Waals surface area contributed by atoms with Gasteiger partial charge in [-0.15, -0.1) is 0 Å². The minimum Gasteiger partial charge on any atom is -0.465 e. The van der Waals surface area contributed by atoms with Crippen LogP contribution >= 0.6 is 0 Å². The van der Waals surface area contributed by atoms with Gasteiger partial charge in [0.25, 0.3) is 0 Å². The third-order valence-electron chi connectivity index (χ3n) is 6.07. The molecule has 4 rings (SSSR count). The minimum atomic E-state index is -0.883. The number of aromatic nitrogens is 2. The van der Waals surface area contributed by atoms with Gasteiger partial charge in [-0.1, -0.05) is 12.1 Å². The quantitative estimate of drug-likeness (QED) is 0.685. The number of aryl methyl sites for hydroxylation is 2. The van der Waals surface area contributed by atoms with Crippen LogP contribution in [0.3, 0.4) is 0 Å². The molecule has 7 heteroatoms. The normalized spacial score (nSPS) is 16.7. The summed E-state index contributed by atoms with van der Waals surface area (Å²) < 4.78 is 1.99. The fraction of sp³-hybridized carbons (Fsp3) is 0.375. The second-order valence-electron chi connectivity index (χ2n) is 8.35. The lowest BCUT2D eigenvalue weighted by Crippen LogP contribution is -2.49. The predicted octanol–water partition coefficient (Wildman–Crippen LogP) is 3.39. The van der Waals surface area contributed by atoms with Gasteiger partial charge in [-0.05, 0) is 49.6 Å². The number of fused-ring (bicyclic) bond motifs is 1. The maximum absolute atomic E-state index is 13.2. The second kappa shape index (κ2) is 8.89. The Kier molecular flexibility index (Phi) is 6.04. The number of carboxylic acid groups (broad SMARTS) is 1. The zero-order chi connectivity index (χ0) is 22.0. The molecule has 1 saturated heterocycles. The predicted molar refractivity (Wildman–Crippen MR) is 120 cm³/mol. The Hall–Kier alpha value is -3.19. The molecule has 3 aromatic rings. The lowest BCUT2D eigenvalue weighted by molar-refractivity contribution is 0.0781. The number of nitrogens with zero attached hydrogens (tertiary/aromatic N) is 4. The molecule has 1 amide bonds. The number of rotatable bonds is 5. The Morgan fingerprint density at radius 2 is 2.06 bits per heavy atom. The molecule has 0 radical (unpaired) electrons. The molecular formula is C24H28N4O3. The van der Waals surface area contributed by atoms with Gasteiger partial charge in [-0.25, -0.2) is 4.79 Å². The van der Waals surface area contributed by atoms with Crippen LogP contribution in [0.1, 0.15) is 29.7 Å². The lowest BCUT2D eigenvalue weighted by atomic mass is 10.0. The van der Waals surface area contributed by atoms with Crippen molar-refractivity contribution in [1.29, 1.82) is 0 Å². The molecule has 1 atom stereocenters. The highest BCUT2D eigenvalue weighted by Gasteiger charge is 2.28. The largest absolute Gasteiger partial charge is 0.465 e. The molecule has 0 bridgehead atoms. The van der Waals surface area contributed by atoms with Crippen molar-refractivity contribution in [2.75, 3.05) is 13.1 Å². The summed E-state index contributed by atoms with van der Waals surface area (Å²) in [5.41, 5.74) is 3.71. The molecule has 1 fully saturated rings. The van der Waals surface area contributed by atoms with E-state index in [2.05, 4.69) is 9.88 Å². The summed E-state index contributed by atoms with van der Waals surface area (Å²) in [5, 5.41) is 10.2. The summed E-state index contributed by atoms with van der Waals surface area (Å²) >= 11 is 0. The second-order valence-corrected chi connectivity index (χ2v) is 8.35. The minimum absolute atomic E-state index is 0.0375. The van der Waals surface area contributed by atoms with Crippen LogP contribution in [0, 0.1) is 6.92 Å². The number of hydrogen-bond donors (Lipinski definition) is 1. The maximum Gasteiger partial charge on any atom is 0.407 e. The Morgan fingerprint density at radius 1 is 1.26 bits per heavy atom. The van der Waals surface area contributed by atoms with Crippen LogP contribution in [0.4, 0.5) is 4.79 Å². The maximum atomic E-state index is 13.2. The molecule has 7 nitrogen and oxygen atoms in total. The van der Waals surface area contributed by atoms with Crippen molar-refractivity contribution in [3.05, 3.63) is 75.8 Å². The smallest absolute Gasteiger partial charge is 0.407 e. The van der Waals surface area contributed by atoms with E-state index in [1.165, 1.54) is 4.90 Å². The van der Waals surface area contributed by atoms with Crippen molar-refractivity contribution >= 4 is 17.0 Å². The zero-order valence-corrected chi connectivity index (χ0v) is 18.0. The van der Waals surface area contributed by atoms with Crippen LogP contribution < -0.4 is 5.43 Å². The summed E-state index contributed by atoms with van der Waals surface area (Å²) in [7, 11) is 1.95. The lowest BCUT2D eigenvalue weighted by Gasteiger charge is -2.38. The van der Waals surface area contributed by atoms with Crippen molar-refractivity contribution in [2.24, 2.45) is 7.05 Å². The monoisotopic (exact) mass is 420 g/mol. The van der Waals surface area contributed by atoms with Crippen molar-refractivity contribution in [2.45, 2.75) is 38.9 Å². The third kappa shape index (κ3) is 4.61. The molecular weight excluding hydrogens is 392 g/mol. The standard InChI is InChI=1S/C24H28N4O3/c1-17-12-18(9-10-25-17)13-28(20-6-5-11-27(16-20)24(30)31)15-19-14-26(2)22-8-4-3-7-21(22)23(19)29/h3-4,7-10,12,14,20H,5-6,11,13,15-16H2,1-2H3,(H,30,31)/t20-/m0/s1. The number of amides is 1. The number of carbonyl (C=O) groups is 1. The van der Waals surface area contributed by atoms with E-state index in [1.54, 1.807) is 6.20 Å². The fourth-order valence-electron chi connectivity index (χ4n) is 4.52. The van der Waals surface area contributed by atoms with Gasteiger partial charge in [0.2, 0.25) is 0 Å². The molecule has 162 valence electrons. The van der Waals surface area contributed by atoms with E-state index in [0.717, 1.165) is 35.2 Å². The fourth-order valence-corrected chi connectivity index (χ4v) is 4.52. The zero-order valence-electron chi connectivity index (χ0n) is 18.0. The van der Waals surface area contributed by atoms with E-state index in [4.69, 9.17) is 0 Å². The van der Waals surface area contributed by atoms with Gasteiger partial charge >= 0.3 is 6.09 Å². The molecule has 1 aromatic carbocycles. The van der Waals surface area contributed by atoms with Crippen LogP contribution in [0.5, 0.6) is 0 Å². The van der Waals surface area contributed by atoms with Crippen LogP contribution in [-0.2, 0) is 20.1 Å². The molecule has 0 spiro atoms. The molecule has 0 aliphatic carbocycles. The molecule has 1 aliphatic rings. The van der Waals surface area contributed by atoms with Gasteiger partial charge < -0.3 is 14.6 Å². The average molecular weight is 421 g/mol. The van der Waals surface area contributed by atoms with Gasteiger partial charge in [0.05, 0.1) is 5.52 Å². The highest BCUT2D eigenvalue weighted by atomic mass is 16.4.